The van der Waals surface area contributed by atoms with Crippen molar-refractivity contribution in [3.8, 4) is 0 Å². The predicted molar refractivity (Wildman–Crippen MR) is 102 cm³/mol. The minimum Gasteiger partial charge on any atom is -0.465 e. The summed E-state index contributed by atoms with van der Waals surface area (Å²) in [4.78, 5) is 41.2. The van der Waals surface area contributed by atoms with Crippen LogP contribution in [0.5, 0.6) is 0 Å². The number of anilines is 2. The lowest BCUT2D eigenvalue weighted by molar-refractivity contribution is -0.384. The summed E-state index contributed by atoms with van der Waals surface area (Å²) in [5, 5.41) is 23.7. The number of pyridine rings is 1. The van der Waals surface area contributed by atoms with Crippen molar-refractivity contribution in [1.29, 1.82) is 0 Å². The summed E-state index contributed by atoms with van der Waals surface area (Å²) in [6.07, 6.45) is 0.409. The number of ketones is 1. The highest BCUT2D eigenvalue weighted by atomic mass is 127. The average Bonchev–Trinajstić information content (AvgIpc) is 3.35. The number of aromatic nitrogens is 1. The van der Waals surface area contributed by atoms with Crippen molar-refractivity contribution in [2.24, 2.45) is 0 Å². The number of halogens is 1. The zero-order valence-corrected chi connectivity index (χ0v) is 16.2. The fourth-order valence-electron chi connectivity index (χ4n) is 2.97. The van der Waals surface area contributed by atoms with E-state index in [9.17, 15) is 24.8 Å². The second-order valence-electron chi connectivity index (χ2n) is 6.42. The molecule has 1 aliphatic carbocycles. The van der Waals surface area contributed by atoms with Crippen LogP contribution in [0.15, 0.2) is 12.1 Å². The Morgan fingerprint density at radius 3 is 2.62 bits per heavy atom. The van der Waals surface area contributed by atoms with Crippen LogP contribution in [0.25, 0.3) is 0 Å². The number of hydrogen-bond acceptors (Lipinski definition) is 7. The molecule has 2 aliphatic rings. The topological polar surface area (TPSA) is 129 Å². The number of nitrogens with zero attached hydrogens (tertiary/aromatic N) is 4. The number of carbonyl (C=O) groups excluding carboxylic acids is 1. The van der Waals surface area contributed by atoms with E-state index in [1.807, 2.05) is 22.6 Å². The molecule has 1 aliphatic heterocycles. The molecule has 0 spiro atoms. The van der Waals surface area contributed by atoms with Crippen molar-refractivity contribution in [2.75, 3.05) is 29.9 Å². The number of piperazine rings is 1. The SMILES string of the molecule is CC(=O)C1(Nc2ccc([N+](=O)[O-])c(N3CCN(C(=O)O)C(I)C3)n2)CC1. The molecule has 3 rings (SSSR count). The lowest BCUT2D eigenvalue weighted by Gasteiger charge is -2.37. The van der Waals surface area contributed by atoms with Gasteiger partial charge in [0.25, 0.3) is 0 Å². The second kappa shape index (κ2) is 6.85. The standard InChI is InChI=1S/C15H18IN5O5/c1-9(22)15(4-5-15)18-12-3-2-10(21(25)26)13(17-12)19-6-7-20(14(23)24)11(16)8-19/h2-3,11H,4-8H2,1H3,(H,17,18)(H,23,24). The van der Waals surface area contributed by atoms with Gasteiger partial charge in [0.15, 0.2) is 5.78 Å². The number of amides is 1. The van der Waals surface area contributed by atoms with E-state index in [4.69, 9.17) is 0 Å². The molecule has 1 unspecified atom stereocenters. The largest absolute Gasteiger partial charge is 0.465 e. The van der Waals surface area contributed by atoms with Crippen LogP contribution in [0.3, 0.4) is 0 Å². The van der Waals surface area contributed by atoms with Gasteiger partial charge in [-0.1, -0.05) is 22.6 Å². The first-order chi connectivity index (χ1) is 12.2. The highest BCUT2D eigenvalue weighted by molar-refractivity contribution is 14.1. The molecule has 2 heterocycles. The lowest BCUT2D eigenvalue weighted by atomic mass is 10.2. The van der Waals surface area contributed by atoms with Gasteiger partial charge in [0.1, 0.15) is 9.87 Å². The molecule has 1 saturated heterocycles. The van der Waals surface area contributed by atoms with Gasteiger partial charge in [-0.25, -0.2) is 9.78 Å². The average molecular weight is 475 g/mol. The van der Waals surface area contributed by atoms with Crippen molar-refractivity contribution >= 4 is 51.8 Å². The van der Waals surface area contributed by atoms with E-state index >= 15 is 0 Å². The van der Waals surface area contributed by atoms with Crippen molar-refractivity contribution in [3.05, 3.63) is 22.2 Å². The fourth-order valence-corrected chi connectivity index (χ4v) is 3.96. The predicted octanol–water partition coefficient (Wildman–Crippen LogP) is 2.08. The summed E-state index contributed by atoms with van der Waals surface area (Å²) in [7, 11) is 0. The van der Waals surface area contributed by atoms with Crippen LogP contribution in [-0.4, -0.2) is 61.0 Å². The Kier molecular flexibility index (Phi) is 4.90. The number of Topliss-reactive ketones (excluding diaryl/α,β-unsaturated/α-hetero) is 1. The summed E-state index contributed by atoms with van der Waals surface area (Å²) in [5.74, 6) is 0.608. The quantitative estimate of drug-likeness (QED) is 0.218. The van der Waals surface area contributed by atoms with Crippen LogP contribution in [0.4, 0.5) is 22.1 Å². The van der Waals surface area contributed by atoms with Gasteiger partial charge in [-0.3, -0.25) is 19.8 Å². The zero-order valence-electron chi connectivity index (χ0n) is 14.0. The first kappa shape index (κ1) is 18.6. The van der Waals surface area contributed by atoms with Crippen LogP contribution in [0.2, 0.25) is 0 Å². The Labute approximate surface area is 162 Å². The maximum Gasteiger partial charge on any atom is 0.408 e. The first-order valence-electron chi connectivity index (χ1n) is 8.07. The van der Waals surface area contributed by atoms with E-state index in [0.717, 1.165) is 0 Å². The molecule has 10 nitrogen and oxygen atoms in total. The smallest absolute Gasteiger partial charge is 0.408 e. The van der Waals surface area contributed by atoms with E-state index in [-0.39, 0.29) is 27.9 Å². The third-order valence-electron chi connectivity index (χ3n) is 4.71. The molecule has 1 aromatic heterocycles. The van der Waals surface area contributed by atoms with E-state index in [1.54, 1.807) is 4.90 Å². The minimum atomic E-state index is -1.01. The third kappa shape index (κ3) is 3.52. The number of hydrogen-bond donors (Lipinski definition) is 2. The van der Waals surface area contributed by atoms with Crippen LogP contribution >= 0.6 is 22.6 Å². The molecule has 1 saturated carbocycles. The van der Waals surface area contributed by atoms with Gasteiger partial charge in [0.05, 0.1) is 10.5 Å². The molecule has 11 heteroatoms. The molecular formula is C15H18IN5O5. The van der Waals surface area contributed by atoms with Gasteiger partial charge >= 0.3 is 11.8 Å². The molecule has 0 bridgehead atoms. The summed E-state index contributed by atoms with van der Waals surface area (Å²) >= 11 is 2.00. The van der Waals surface area contributed by atoms with Crippen LogP contribution in [0, 0.1) is 10.1 Å². The first-order valence-corrected chi connectivity index (χ1v) is 9.31. The Balaban J connectivity index is 1.87. The second-order valence-corrected chi connectivity index (χ2v) is 7.85. The van der Waals surface area contributed by atoms with Crippen LogP contribution < -0.4 is 10.2 Å². The van der Waals surface area contributed by atoms with Gasteiger partial charge < -0.3 is 15.3 Å². The molecular weight excluding hydrogens is 457 g/mol. The van der Waals surface area contributed by atoms with Gasteiger partial charge in [-0.05, 0) is 25.8 Å². The number of carbonyl (C=O) groups is 2. The zero-order chi connectivity index (χ0) is 19.1. The summed E-state index contributed by atoms with van der Waals surface area (Å²) < 4.78 is -0.344. The maximum absolute atomic E-state index is 11.8. The number of rotatable bonds is 5. The van der Waals surface area contributed by atoms with Crippen molar-refractivity contribution < 1.29 is 19.6 Å². The van der Waals surface area contributed by atoms with Gasteiger partial charge in [-0.15, -0.1) is 0 Å². The summed E-state index contributed by atoms with van der Waals surface area (Å²) in [5.41, 5.74) is -0.760. The van der Waals surface area contributed by atoms with Gasteiger partial charge in [0.2, 0.25) is 5.82 Å². The van der Waals surface area contributed by atoms with E-state index in [1.165, 1.54) is 24.0 Å². The number of nitrogens with one attached hydrogen (secondary N) is 1. The van der Waals surface area contributed by atoms with Crippen molar-refractivity contribution in [3.63, 3.8) is 0 Å². The highest BCUT2D eigenvalue weighted by Crippen LogP contribution is 2.40. The summed E-state index contributed by atoms with van der Waals surface area (Å²) in [6, 6.07) is 2.87. The van der Waals surface area contributed by atoms with E-state index in [2.05, 4.69) is 10.3 Å². The Morgan fingerprint density at radius 2 is 2.12 bits per heavy atom. The van der Waals surface area contributed by atoms with E-state index < -0.39 is 16.6 Å². The summed E-state index contributed by atoms with van der Waals surface area (Å²) in [6.45, 7) is 2.35. The molecule has 140 valence electrons. The minimum absolute atomic E-state index is 0.0154. The Bertz CT molecular complexity index is 769. The molecule has 0 radical (unpaired) electrons. The molecule has 1 atom stereocenters. The van der Waals surface area contributed by atoms with Gasteiger partial charge in [-0.2, -0.15) is 0 Å². The fraction of sp³-hybridized carbons (Fsp3) is 0.533. The Morgan fingerprint density at radius 1 is 1.42 bits per heavy atom. The van der Waals surface area contributed by atoms with E-state index in [0.29, 0.717) is 31.7 Å². The third-order valence-corrected chi connectivity index (χ3v) is 5.77. The molecule has 0 aromatic carbocycles. The van der Waals surface area contributed by atoms with Crippen molar-refractivity contribution in [2.45, 2.75) is 29.4 Å². The molecule has 2 fully saturated rings. The molecule has 2 N–H and O–H groups in total. The van der Waals surface area contributed by atoms with Gasteiger partial charge in [0, 0.05) is 25.7 Å². The van der Waals surface area contributed by atoms with Crippen LogP contribution in [0.1, 0.15) is 19.8 Å². The van der Waals surface area contributed by atoms with Crippen LogP contribution in [-0.2, 0) is 4.79 Å². The Hall–Kier alpha value is -2.18. The molecule has 26 heavy (non-hydrogen) atoms. The molecule has 1 aromatic rings. The number of carboxylic acid groups (broad SMARTS) is 1. The number of nitro groups is 1. The lowest BCUT2D eigenvalue weighted by Crippen LogP contribution is -2.52. The maximum atomic E-state index is 11.8. The number of alkyl halides is 1. The monoisotopic (exact) mass is 475 g/mol. The van der Waals surface area contributed by atoms with Crippen molar-refractivity contribution in [1.82, 2.24) is 9.88 Å². The normalized spacial score (nSPS) is 21.2. The highest BCUT2D eigenvalue weighted by Gasteiger charge is 2.47. The molecule has 1 amide bonds.